The van der Waals surface area contributed by atoms with E-state index in [1.54, 1.807) is 19.2 Å². The number of hydrogen-bond acceptors (Lipinski definition) is 5. The molecule has 2 aromatic carbocycles. The molecule has 0 radical (unpaired) electrons. The van der Waals surface area contributed by atoms with Gasteiger partial charge in [-0.05, 0) is 38.1 Å². The van der Waals surface area contributed by atoms with Gasteiger partial charge in [-0.25, -0.2) is 17.7 Å². The van der Waals surface area contributed by atoms with Crippen molar-refractivity contribution in [2.24, 2.45) is 0 Å². The molecule has 0 spiro atoms. The van der Waals surface area contributed by atoms with E-state index in [9.17, 15) is 8.42 Å². The lowest BCUT2D eigenvalue weighted by Gasteiger charge is -2.17. The fourth-order valence-corrected chi connectivity index (χ4v) is 4.32. The lowest BCUT2D eigenvalue weighted by Crippen LogP contribution is -2.22. The van der Waals surface area contributed by atoms with Crippen molar-refractivity contribution in [3.8, 4) is 5.75 Å². The third-order valence-electron chi connectivity index (χ3n) is 5.07. The van der Waals surface area contributed by atoms with Gasteiger partial charge in [0.05, 0.1) is 29.6 Å². The summed E-state index contributed by atoms with van der Waals surface area (Å²) in [6.07, 6.45) is 0. The fraction of sp³-hybridized carbons (Fsp3) is 0.381. The number of aryl methyl sites for hydroxylation is 1. The van der Waals surface area contributed by atoms with E-state index >= 15 is 0 Å². The summed E-state index contributed by atoms with van der Waals surface area (Å²) in [6, 6.07) is 13.1. The lowest BCUT2D eigenvalue weighted by atomic mass is 10.1. The number of ether oxygens (including phenoxy) is 1. The number of methoxy groups -OCH3 is 1. The maximum atomic E-state index is 12.4. The van der Waals surface area contributed by atoms with Crippen molar-refractivity contribution < 1.29 is 13.2 Å². The number of para-hydroxylation sites is 1. The van der Waals surface area contributed by atoms with Crippen molar-refractivity contribution in [3.05, 3.63) is 53.9 Å². The number of nitrogens with one attached hydrogen (secondary N) is 1. The lowest BCUT2D eigenvalue weighted by molar-refractivity contribution is 0.400. The van der Waals surface area contributed by atoms with Crippen LogP contribution in [0.2, 0.25) is 0 Å². The second kappa shape index (κ2) is 8.52. The first-order chi connectivity index (χ1) is 13.8. The minimum absolute atomic E-state index is 0.0703. The Morgan fingerprint density at radius 2 is 1.93 bits per heavy atom. The fourth-order valence-electron chi connectivity index (χ4n) is 3.40. The third-order valence-corrected chi connectivity index (χ3v) is 6.88. The van der Waals surface area contributed by atoms with Crippen molar-refractivity contribution in [3.63, 3.8) is 0 Å². The second-order valence-electron chi connectivity index (χ2n) is 7.05. The number of hydrogen-bond donors (Lipinski definition) is 1. The minimum Gasteiger partial charge on any atom is -0.496 e. The highest BCUT2D eigenvalue weighted by atomic mass is 32.2. The summed E-state index contributed by atoms with van der Waals surface area (Å²) >= 11 is 0. The Morgan fingerprint density at radius 1 is 1.21 bits per heavy atom. The first-order valence-corrected chi connectivity index (χ1v) is 11.0. The van der Waals surface area contributed by atoms with Gasteiger partial charge in [0.25, 0.3) is 0 Å². The normalized spacial score (nSPS) is 13.2. The summed E-state index contributed by atoms with van der Waals surface area (Å²) in [7, 11) is 1.23. The molecule has 0 aliphatic carbocycles. The van der Waals surface area contributed by atoms with E-state index in [1.165, 1.54) is 18.4 Å². The number of nitrogens with zero attached hydrogens (tertiary/aromatic N) is 3. The van der Waals surface area contributed by atoms with E-state index in [1.807, 2.05) is 30.3 Å². The van der Waals surface area contributed by atoms with Gasteiger partial charge in [-0.2, -0.15) is 0 Å². The molecule has 1 aromatic heterocycles. The summed E-state index contributed by atoms with van der Waals surface area (Å²) in [5.74, 6) is 1.71. The highest BCUT2D eigenvalue weighted by Gasteiger charge is 2.20. The van der Waals surface area contributed by atoms with Gasteiger partial charge in [-0.15, -0.1) is 0 Å². The SMILES string of the molecule is CCn1c(CN[C@H](C)c2ccccc2OC)nc2cc(S(=O)(=O)N(C)C)ccc21. The average molecular weight is 417 g/mol. The van der Waals surface area contributed by atoms with Gasteiger partial charge in [-0.3, -0.25) is 0 Å². The quantitative estimate of drug-likeness (QED) is 0.610. The van der Waals surface area contributed by atoms with Gasteiger partial charge in [0.1, 0.15) is 11.6 Å². The van der Waals surface area contributed by atoms with Crippen molar-refractivity contribution in [2.45, 2.75) is 37.9 Å². The van der Waals surface area contributed by atoms with Gasteiger partial charge in [0.15, 0.2) is 0 Å². The molecule has 0 aliphatic rings. The molecule has 0 fully saturated rings. The molecule has 3 aromatic rings. The summed E-state index contributed by atoms with van der Waals surface area (Å²) in [5, 5.41) is 3.50. The molecule has 1 atom stereocenters. The predicted molar refractivity (Wildman–Crippen MR) is 115 cm³/mol. The molecule has 0 saturated heterocycles. The Hall–Kier alpha value is -2.42. The van der Waals surface area contributed by atoms with Gasteiger partial charge in [0.2, 0.25) is 10.0 Å². The van der Waals surface area contributed by atoms with Crippen molar-refractivity contribution in [2.75, 3.05) is 21.2 Å². The van der Waals surface area contributed by atoms with Crippen LogP contribution in [0.1, 0.15) is 31.3 Å². The molecule has 8 heteroatoms. The van der Waals surface area contributed by atoms with Crippen LogP contribution in [0.3, 0.4) is 0 Å². The highest BCUT2D eigenvalue weighted by molar-refractivity contribution is 7.89. The number of rotatable bonds is 8. The molecule has 156 valence electrons. The van der Waals surface area contributed by atoms with E-state index in [2.05, 4.69) is 23.7 Å². The molecular formula is C21H28N4O3S. The molecule has 0 aliphatic heterocycles. The number of sulfonamides is 1. The van der Waals surface area contributed by atoms with Crippen LogP contribution in [-0.4, -0.2) is 43.5 Å². The molecule has 29 heavy (non-hydrogen) atoms. The molecule has 0 amide bonds. The molecule has 1 N–H and O–H groups in total. The topological polar surface area (TPSA) is 76.5 Å². The average Bonchev–Trinajstić information content (AvgIpc) is 3.08. The molecule has 0 unspecified atom stereocenters. The molecule has 0 saturated carbocycles. The molecule has 7 nitrogen and oxygen atoms in total. The predicted octanol–water partition coefficient (Wildman–Crippen LogP) is 3.17. The Balaban J connectivity index is 1.89. The van der Waals surface area contributed by atoms with E-state index < -0.39 is 10.0 Å². The van der Waals surface area contributed by atoms with Crippen LogP contribution < -0.4 is 10.1 Å². The van der Waals surface area contributed by atoms with Crippen LogP contribution in [0, 0.1) is 0 Å². The third kappa shape index (κ3) is 4.14. The largest absolute Gasteiger partial charge is 0.496 e. The Morgan fingerprint density at radius 3 is 2.59 bits per heavy atom. The van der Waals surface area contributed by atoms with Gasteiger partial charge >= 0.3 is 0 Å². The van der Waals surface area contributed by atoms with Crippen LogP contribution in [-0.2, 0) is 23.1 Å². The molecule has 3 rings (SSSR count). The van der Waals surface area contributed by atoms with E-state index in [0.29, 0.717) is 12.1 Å². The van der Waals surface area contributed by atoms with Crippen molar-refractivity contribution in [1.82, 2.24) is 19.2 Å². The minimum atomic E-state index is -3.49. The molecule has 1 heterocycles. The zero-order valence-corrected chi connectivity index (χ0v) is 18.3. The first kappa shape index (κ1) is 21.3. The molecule has 0 bridgehead atoms. The summed E-state index contributed by atoms with van der Waals surface area (Å²) in [4.78, 5) is 4.96. The van der Waals surface area contributed by atoms with Crippen LogP contribution in [0.25, 0.3) is 11.0 Å². The zero-order valence-electron chi connectivity index (χ0n) is 17.5. The summed E-state index contributed by atoms with van der Waals surface area (Å²) < 4.78 is 33.6. The first-order valence-electron chi connectivity index (χ1n) is 9.57. The Bertz CT molecular complexity index is 1110. The van der Waals surface area contributed by atoms with E-state index in [-0.39, 0.29) is 10.9 Å². The van der Waals surface area contributed by atoms with Crippen LogP contribution in [0.4, 0.5) is 0 Å². The summed E-state index contributed by atoms with van der Waals surface area (Å²) in [6.45, 7) is 5.44. The maximum absolute atomic E-state index is 12.4. The van der Waals surface area contributed by atoms with Crippen LogP contribution in [0.15, 0.2) is 47.4 Å². The highest BCUT2D eigenvalue weighted by Crippen LogP contribution is 2.26. The zero-order chi connectivity index (χ0) is 21.2. The standard InChI is InChI=1S/C21H28N4O3S/c1-6-25-19-12-11-16(29(26,27)24(3)4)13-18(19)23-21(25)14-22-15(2)17-9-7-8-10-20(17)28-5/h7-13,15,22H,6,14H2,1-5H3/t15-/m1/s1. The number of benzene rings is 2. The Kier molecular flexibility index (Phi) is 6.26. The van der Waals surface area contributed by atoms with Gasteiger partial charge < -0.3 is 14.6 Å². The van der Waals surface area contributed by atoms with E-state index in [0.717, 1.165) is 29.2 Å². The molecular weight excluding hydrogens is 388 g/mol. The maximum Gasteiger partial charge on any atom is 0.242 e. The van der Waals surface area contributed by atoms with Gasteiger partial charge in [-0.1, -0.05) is 18.2 Å². The second-order valence-corrected chi connectivity index (χ2v) is 9.21. The monoisotopic (exact) mass is 416 g/mol. The summed E-state index contributed by atoms with van der Waals surface area (Å²) in [5.41, 5.74) is 2.68. The van der Waals surface area contributed by atoms with Crippen molar-refractivity contribution >= 4 is 21.1 Å². The van der Waals surface area contributed by atoms with E-state index in [4.69, 9.17) is 9.72 Å². The van der Waals surface area contributed by atoms with Crippen molar-refractivity contribution in [1.29, 1.82) is 0 Å². The van der Waals surface area contributed by atoms with Crippen LogP contribution >= 0.6 is 0 Å². The Labute approximate surface area is 172 Å². The number of fused-ring (bicyclic) bond motifs is 1. The van der Waals surface area contributed by atoms with Crippen LogP contribution in [0.5, 0.6) is 5.75 Å². The van der Waals surface area contributed by atoms with Gasteiger partial charge in [0, 0.05) is 32.2 Å². The number of imidazole rings is 1. The number of aromatic nitrogens is 2. The smallest absolute Gasteiger partial charge is 0.242 e.